The minimum Gasteiger partial charge on any atom is -0.490 e. The van der Waals surface area contributed by atoms with Crippen molar-refractivity contribution < 1.29 is 13.9 Å². The second-order valence-corrected chi connectivity index (χ2v) is 10.5. The Hall–Kier alpha value is -2.51. The van der Waals surface area contributed by atoms with Crippen LogP contribution >= 0.6 is 23.2 Å². The Labute approximate surface area is 207 Å². The van der Waals surface area contributed by atoms with Crippen molar-refractivity contribution in [1.29, 1.82) is 0 Å². The quantitative estimate of drug-likeness (QED) is 0.316. The minimum atomic E-state index is -0.668. The molecule has 0 bridgehead atoms. The van der Waals surface area contributed by atoms with E-state index in [4.69, 9.17) is 27.9 Å². The summed E-state index contributed by atoms with van der Waals surface area (Å²) in [5.74, 6) is -0.103. The van der Waals surface area contributed by atoms with Crippen molar-refractivity contribution in [3.05, 3.63) is 45.7 Å². The lowest BCUT2D eigenvalue weighted by molar-refractivity contribution is 0.0914. The van der Waals surface area contributed by atoms with Crippen LogP contribution < -0.4 is 15.4 Å². The highest BCUT2D eigenvalue weighted by Crippen LogP contribution is 2.56. The smallest absolute Gasteiger partial charge is 0.255 e. The van der Waals surface area contributed by atoms with Crippen LogP contribution in [0.2, 0.25) is 10.0 Å². The molecule has 3 N–H and O–H groups in total. The van der Waals surface area contributed by atoms with Gasteiger partial charge in [0.1, 0.15) is 5.75 Å². The van der Waals surface area contributed by atoms with E-state index >= 15 is 0 Å². The molecule has 1 amide bonds. The number of hydrogen-bond acceptors (Lipinski definition) is 4. The van der Waals surface area contributed by atoms with Gasteiger partial charge in [0.05, 0.1) is 38.4 Å². The molecule has 2 aromatic carbocycles. The summed E-state index contributed by atoms with van der Waals surface area (Å²) in [5.41, 5.74) is 2.21. The number of carbonyl (C=O) groups excluding carboxylic acids is 1. The number of benzene rings is 2. The topological polar surface area (TPSA) is 79.0 Å². The van der Waals surface area contributed by atoms with Crippen LogP contribution in [0.15, 0.2) is 24.3 Å². The monoisotopic (exact) mass is 504 g/mol. The largest absolute Gasteiger partial charge is 0.490 e. The summed E-state index contributed by atoms with van der Waals surface area (Å²) in [5, 5.41) is 6.18. The molecule has 0 aliphatic heterocycles. The fourth-order valence-corrected chi connectivity index (χ4v) is 5.05. The normalized spacial score (nSPS) is 17.4. The van der Waals surface area contributed by atoms with Gasteiger partial charge >= 0.3 is 0 Å². The number of carbonyl (C=O) groups is 1. The highest BCUT2D eigenvalue weighted by atomic mass is 35.5. The van der Waals surface area contributed by atoms with Gasteiger partial charge in [-0.1, -0.05) is 23.2 Å². The number of imidazole rings is 1. The number of anilines is 2. The van der Waals surface area contributed by atoms with Gasteiger partial charge in [-0.2, -0.15) is 0 Å². The average Bonchev–Trinajstić information content (AvgIpc) is 3.43. The summed E-state index contributed by atoms with van der Waals surface area (Å²) < 4.78 is 20.4. The minimum absolute atomic E-state index is 0.0237. The number of halogens is 3. The molecule has 5 rings (SSSR count). The Kier molecular flexibility index (Phi) is 6.10. The molecule has 180 valence electrons. The van der Waals surface area contributed by atoms with E-state index in [-0.39, 0.29) is 39.7 Å². The van der Waals surface area contributed by atoms with Gasteiger partial charge in [-0.15, -0.1) is 0 Å². The van der Waals surface area contributed by atoms with Crippen LogP contribution in [0.25, 0.3) is 11.0 Å². The first-order valence-electron chi connectivity index (χ1n) is 11.6. The number of ether oxygens (including phenoxy) is 1. The average molecular weight is 505 g/mol. The first kappa shape index (κ1) is 23.2. The van der Waals surface area contributed by atoms with Gasteiger partial charge in [0, 0.05) is 12.1 Å². The molecule has 9 heteroatoms. The maximum atomic E-state index is 14.5. The molecule has 6 nitrogen and oxygen atoms in total. The number of H-pyrrole nitrogens is 1. The Bertz CT molecular complexity index is 1250. The lowest BCUT2D eigenvalue weighted by Crippen LogP contribution is -2.38. The van der Waals surface area contributed by atoms with Gasteiger partial charge in [0.15, 0.2) is 5.82 Å². The number of nitrogens with one attached hydrogen (secondary N) is 3. The Morgan fingerprint density at radius 3 is 2.56 bits per heavy atom. The molecule has 2 aliphatic carbocycles. The van der Waals surface area contributed by atoms with Crippen LogP contribution in [-0.4, -0.2) is 28.0 Å². The highest BCUT2D eigenvalue weighted by Gasteiger charge is 2.44. The number of nitrogens with zero attached hydrogens (tertiary/aromatic N) is 1. The van der Waals surface area contributed by atoms with Crippen LogP contribution in [0, 0.1) is 11.2 Å². The number of fused-ring (bicyclic) bond motifs is 1. The van der Waals surface area contributed by atoms with Crippen molar-refractivity contribution in [3.63, 3.8) is 0 Å². The fraction of sp³-hybridized carbons (Fsp3) is 0.440. The first-order valence-corrected chi connectivity index (χ1v) is 12.4. The highest BCUT2D eigenvalue weighted by molar-refractivity contribution is 6.35. The van der Waals surface area contributed by atoms with Crippen LogP contribution in [0.5, 0.6) is 5.75 Å². The third kappa shape index (κ3) is 4.68. The maximum absolute atomic E-state index is 14.5. The van der Waals surface area contributed by atoms with Gasteiger partial charge in [-0.05, 0) is 76.0 Å². The summed E-state index contributed by atoms with van der Waals surface area (Å²) in [6.07, 6.45) is 6.93. The molecule has 1 spiro atoms. The predicted octanol–water partition coefficient (Wildman–Crippen LogP) is 6.99. The Balaban J connectivity index is 1.42. The van der Waals surface area contributed by atoms with Crippen LogP contribution in [0.3, 0.4) is 0 Å². The number of aromatic nitrogens is 2. The number of hydrogen-bond donors (Lipinski definition) is 3. The van der Waals surface area contributed by atoms with Crippen molar-refractivity contribution in [2.45, 2.75) is 64.5 Å². The van der Waals surface area contributed by atoms with E-state index in [0.29, 0.717) is 27.8 Å². The second kappa shape index (κ2) is 8.93. The van der Waals surface area contributed by atoms with Gasteiger partial charge in [0.25, 0.3) is 5.91 Å². The molecule has 0 radical (unpaired) electrons. The number of aromatic amines is 1. The Morgan fingerprint density at radius 2 is 1.88 bits per heavy atom. The van der Waals surface area contributed by atoms with Crippen molar-refractivity contribution in [2.24, 2.45) is 5.41 Å². The van der Waals surface area contributed by atoms with Crippen LogP contribution in [-0.2, 0) is 0 Å². The molecule has 2 aliphatic rings. The van der Waals surface area contributed by atoms with Crippen molar-refractivity contribution >= 4 is 51.8 Å². The van der Waals surface area contributed by atoms with E-state index in [0.717, 1.165) is 12.8 Å². The molecule has 0 atom stereocenters. The summed E-state index contributed by atoms with van der Waals surface area (Å²) in [4.78, 5) is 20.8. The van der Waals surface area contributed by atoms with Crippen molar-refractivity contribution in [3.8, 4) is 5.75 Å². The molecule has 34 heavy (non-hydrogen) atoms. The summed E-state index contributed by atoms with van der Waals surface area (Å²) >= 11 is 12.0. The van der Waals surface area contributed by atoms with E-state index in [1.54, 1.807) is 12.1 Å². The lowest BCUT2D eigenvalue weighted by atomic mass is 9.83. The molecule has 0 saturated heterocycles. The van der Waals surface area contributed by atoms with Gasteiger partial charge in [-0.25, -0.2) is 9.37 Å². The lowest BCUT2D eigenvalue weighted by Gasteiger charge is -2.29. The molecule has 1 aromatic heterocycles. The summed E-state index contributed by atoms with van der Waals surface area (Å²) in [6, 6.07) is 6.52. The van der Waals surface area contributed by atoms with E-state index in [1.165, 1.54) is 37.8 Å². The van der Waals surface area contributed by atoms with Gasteiger partial charge in [0.2, 0.25) is 5.95 Å². The van der Waals surface area contributed by atoms with Crippen molar-refractivity contribution in [2.75, 3.05) is 5.32 Å². The van der Waals surface area contributed by atoms with Gasteiger partial charge in [-0.3, -0.25) is 4.79 Å². The fourth-order valence-electron chi connectivity index (χ4n) is 4.70. The van der Waals surface area contributed by atoms with E-state index in [9.17, 15) is 9.18 Å². The summed E-state index contributed by atoms with van der Waals surface area (Å²) in [7, 11) is 0. The van der Waals surface area contributed by atoms with Crippen molar-refractivity contribution in [1.82, 2.24) is 15.3 Å². The molecule has 1 heterocycles. The van der Waals surface area contributed by atoms with Crippen LogP contribution in [0.4, 0.5) is 16.0 Å². The number of amides is 1. The zero-order chi connectivity index (χ0) is 24.0. The van der Waals surface area contributed by atoms with E-state index in [2.05, 4.69) is 20.6 Å². The zero-order valence-corrected chi connectivity index (χ0v) is 20.6. The predicted molar refractivity (Wildman–Crippen MR) is 133 cm³/mol. The molecule has 2 saturated carbocycles. The number of rotatable bonds is 6. The van der Waals surface area contributed by atoms with E-state index < -0.39 is 5.82 Å². The third-order valence-corrected chi connectivity index (χ3v) is 7.42. The van der Waals surface area contributed by atoms with Gasteiger partial charge < -0.3 is 20.4 Å². The molecular formula is C25H27Cl2FN4O2. The zero-order valence-electron chi connectivity index (χ0n) is 19.1. The summed E-state index contributed by atoms with van der Waals surface area (Å²) in [6.45, 7) is 3.81. The molecule has 2 fully saturated rings. The van der Waals surface area contributed by atoms with E-state index in [1.807, 2.05) is 13.8 Å². The molecule has 0 unspecified atom stereocenters. The standard InChI is InChI=1S/C25H27Cl2FN4O2/c1-13(2)34-20-12-19-18(30-24(31-19)32-22-17(27)4-3-16(26)21(22)28)11-15(20)23(33)29-14-5-7-25(8-6-14)9-10-25/h3-4,11-14H,5-10H2,1-2H3,(H,29,33)(H2,30,31,32). The SMILES string of the molecule is CC(C)Oc1cc2nc(Nc3c(Cl)ccc(Cl)c3F)[nH]c2cc1C(=O)NC1CCC2(CC1)CC2. The molecular weight excluding hydrogens is 478 g/mol. The van der Waals surface area contributed by atoms with Crippen LogP contribution in [0.1, 0.15) is 62.7 Å². The first-order chi connectivity index (χ1) is 16.2. The maximum Gasteiger partial charge on any atom is 0.255 e. The third-order valence-electron chi connectivity index (χ3n) is 6.82. The second-order valence-electron chi connectivity index (χ2n) is 9.71. The Morgan fingerprint density at radius 1 is 1.18 bits per heavy atom. The molecule has 3 aromatic rings.